The Balaban J connectivity index is 2.09. The zero-order valence-corrected chi connectivity index (χ0v) is 9.57. The third-order valence-electron chi connectivity index (χ3n) is 2.70. The van der Waals surface area contributed by atoms with Crippen LogP contribution >= 0.6 is 0 Å². The van der Waals surface area contributed by atoms with Gasteiger partial charge in [-0.3, -0.25) is 4.79 Å². The molecule has 0 unspecified atom stereocenters. The SMILES string of the molecule is O=C(O)CCCCn1cnc2cc(F)c(F)cc21. The Bertz CT molecular complexity index is 581. The van der Waals surface area contributed by atoms with Gasteiger partial charge in [0.1, 0.15) is 0 Å². The summed E-state index contributed by atoms with van der Waals surface area (Å²) in [6.45, 7) is 0.537. The van der Waals surface area contributed by atoms with E-state index in [1.807, 2.05) is 0 Å². The third kappa shape index (κ3) is 2.64. The molecule has 0 saturated heterocycles. The van der Waals surface area contributed by atoms with E-state index in [4.69, 9.17) is 5.11 Å². The number of imidazole rings is 1. The Labute approximate surface area is 102 Å². The van der Waals surface area contributed by atoms with Crippen LogP contribution in [0.1, 0.15) is 19.3 Å². The van der Waals surface area contributed by atoms with Crippen molar-refractivity contribution in [3.63, 3.8) is 0 Å². The number of unbranched alkanes of at least 4 members (excludes halogenated alkanes) is 1. The molecule has 0 atom stereocenters. The van der Waals surface area contributed by atoms with E-state index in [9.17, 15) is 13.6 Å². The predicted molar refractivity (Wildman–Crippen MR) is 61.1 cm³/mol. The van der Waals surface area contributed by atoms with Crippen molar-refractivity contribution in [1.29, 1.82) is 0 Å². The molecule has 0 aliphatic rings. The maximum Gasteiger partial charge on any atom is 0.303 e. The van der Waals surface area contributed by atoms with Crippen LogP contribution in [0.2, 0.25) is 0 Å². The monoisotopic (exact) mass is 254 g/mol. The third-order valence-corrected chi connectivity index (χ3v) is 2.70. The Morgan fingerprint density at radius 1 is 1.28 bits per heavy atom. The molecule has 0 spiro atoms. The highest BCUT2D eigenvalue weighted by molar-refractivity contribution is 5.75. The smallest absolute Gasteiger partial charge is 0.303 e. The fourth-order valence-electron chi connectivity index (χ4n) is 1.79. The van der Waals surface area contributed by atoms with Crippen LogP contribution in [0, 0.1) is 11.6 Å². The molecule has 0 aliphatic carbocycles. The molecule has 0 fully saturated rings. The van der Waals surface area contributed by atoms with Crippen molar-refractivity contribution in [2.24, 2.45) is 0 Å². The van der Waals surface area contributed by atoms with Crippen LogP contribution in [0.5, 0.6) is 0 Å². The molecule has 0 bridgehead atoms. The first-order valence-corrected chi connectivity index (χ1v) is 5.59. The molecule has 4 nitrogen and oxygen atoms in total. The van der Waals surface area contributed by atoms with Crippen LogP contribution in [-0.2, 0) is 11.3 Å². The number of carboxylic acid groups (broad SMARTS) is 1. The number of hydrogen-bond acceptors (Lipinski definition) is 2. The van der Waals surface area contributed by atoms with Crippen molar-refractivity contribution in [2.75, 3.05) is 0 Å². The Hall–Kier alpha value is -1.98. The van der Waals surface area contributed by atoms with Gasteiger partial charge in [0.25, 0.3) is 0 Å². The molecule has 2 aromatic rings. The van der Waals surface area contributed by atoms with Crippen LogP contribution in [0.25, 0.3) is 11.0 Å². The lowest BCUT2D eigenvalue weighted by molar-refractivity contribution is -0.137. The van der Waals surface area contributed by atoms with Crippen molar-refractivity contribution in [3.8, 4) is 0 Å². The molecule has 1 heterocycles. The number of fused-ring (bicyclic) bond motifs is 1. The molecule has 0 aliphatic heterocycles. The number of halogens is 2. The van der Waals surface area contributed by atoms with Crippen molar-refractivity contribution >= 4 is 17.0 Å². The summed E-state index contributed by atoms with van der Waals surface area (Å²) in [5.74, 6) is -2.66. The van der Waals surface area contributed by atoms with Crippen molar-refractivity contribution in [1.82, 2.24) is 9.55 Å². The first kappa shape index (κ1) is 12.5. The van der Waals surface area contributed by atoms with Gasteiger partial charge in [0.2, 0.25) is 0 Å². The summed E-state index contributed by atoms with van der Waals surface area (Å²) in [5.41, 5.74) is 0.913. The number of nitrogens with zero attached hydrogens (tertiary/aromatic N) is 2. The van der Waals surface area contributed by atoms with Gasteiger partial charge in [0.15, 0.2) is 11.6 Å². The first-order chi connectivity index (χ1) is 8.58. The molecule has 0 amide bonds. The normalized spacial score (nSPS) is 11.0. The van der Waals surface area contributed by atoms with Crippen LogP contribution in [0.3, 0.4) is 0 Å². The summed E-state index contributed by atoms with van der Waals surface area (Å²) in [4.78, 5) is 14.3. The first-order valence-electron chi connectivity index (χ1n) is 5.59. The number of hydrogen-bond donors (Lipinski definition) is 1. The van der Waals surface area contributed by atoms with Crippen LogP contribution < -0.4 is 0 Å². The second-order valence-corrected chi connectivity index (χ2v) is 4.04. The number of aromatic nitrogens is 2. The zero-order chi connectivity index (χ0) is 13.1. The van der Waals surface area contributed by atoms with Crippen molar-refractivity contribution in [3.05, 3.63) is 30.1 Å². The Morgan fingerprint density at radius 3 is 2.72 bits per heavy atom. The maximum absolute atomic E-state index is 13.1. The largest absolute Gasteiger partial charge is 0.481 e. The van der Waals surface area contributed by atoms with Crippen LogP contribution in [0.4, 0.5) is 8.78 Å². The lowest BCUT2D eigenvalue weighted by atomic mass is 10.2. The molecule has 18 heavy (non-hydrogen) atoms. The van der Waals surface area contributed by atoms with Gasteiger partial charge in [-0.15, -0.1) is 0 Å². The fraction of sp³-hybridized carbons (Fsp3) is 0.333. The lowest BCUT2D eigenvalue weighted by Crippen LogP contribution is -1.99. The van der Waals surface area contributed by atoms with E-state index >= 15 is 0 Å². The number of carbonyl (C=O) groups is 1. The summed E-state index contributed by atoms with van der Waals surface area (Å²) in [6, 6.07) is 2.16. The van der Waals surface area contributed by atoms with E-state index in [1.54, 1.807) is 4.57 Å². The summed E-state index contributed by atoms with van der Waals surface area (Å²) < 4.78 is 27.8. The standard InChI is InChI=1S/C12H12F2N2O2/c13-8-5-10-11(6-9(8)14)16(7-15-10)4-2-1-3-12(17)18/h5-7H,1-4H2,(H,17,18). The maximum atomic E-state index is 13.1. The van der Waals surface area contributed by atoms with E-state index in [1.165, 1.54) is 6.33 Å². The highest BCUT2D eigenvalue weighted by Gasteiger charge is 2.08. The van der Waals surface area contributed by atoms with Gasteiger partial charge in [-0.1, -0.05) is 0 Å². The molecule has 0 saturated carbocycles. The topological polar surface area (TPSA) is 55.1 Å². The van der Waals surface area contributed by atoms with E-state index < -0.39 is 17.6 Å². The van der Waals surface area contributed by atoms with Crippen molar-refractivity contribution < 1.29 is 18.7 Å². The average molecular weight is 254 g/mol. The molecule has 1 N–H and O–H groups in total. The van der Waals surface area contributed by atoms with Gasteiger partial charge in [0, 0.05) is 25.1 Å². The zero-order valence-electron chi connectivity index (χ0n) is 9.57. The van der Waals surface area contributed by atoms with Crippen molar-refractivity contribution in [2.45, 2.75) is 25.8 Å². The molecule has 1 aromatic carbocycles. The minimum atomic E-state index is -0.918. The average Bonchev–Trinajstić information content (AvgIpc) is 2.68. The number of rotatable bonds is 5. The van der Waals surface area contributed by atoms with Crippen LogP contribution in [-0.4, -0.2) is 20.6 Å². The van der Waals surface area contributed by atoms with Gasteiger partial charge in [0.05, 0.1) is 17.4 Å². The molecule has 96 valence electrons. The second kappa shape index (κ2) is 5.12. The van der Waals surface area contributed by atoms with E-state index in [-0.39, 0.29) is 6.42 Å². The Kier molecular flexibility index (Phi) is 3.55. The van der Waals surface area contributed by atoms with Gasteiger partial charge in [-0.2, -0.15) is 0 Å². The lowest BCUT2D eigenvalue weighted by Gasteiger charge is -2.03. The van der Waals surface area contributed by atoms with Gasteiger partial charge in [-0.25, -0.2) is 13.8 Å². The quantitative estimate of drug-likeness (QED) is 0.834. The summed E-state index contributed by atoms with van der Waals surface area (Å²) in [6.07, 6.45) is 2.80. The number of aryl methyl sites for hydroxylation is 1. The van der Waals surface area contributed by atoms with Gasteiger partial charge >= 0.3 is 5.97 Å². The van der Waals surface area contributed by atoms with Crippen LogP contribution in [0.15, 0.2) is 18.5 Å². The van der Waals surface area contributed by atoms with E-state index in [0.29, 0.717) is 30.4 Å². The Morgan fingerprint density at radius 2 is 2.00 bits per heavy atom. The minimum absolute atomic E-state index is 0.107. The molecular formula is C12H12F2N2O2. The number of benzene rings is 1. The molecule has 0 radical (unpaired) electrons. The summed E-state index contributed by atoms with van der Waals surface area (Å²) in [5, 5.41) is 8.50. The van der Waals surface area contributed by atoms with Gasteiger partial charge in [-0.05, 0) is 12.8 Å². The second-order valence-electron chi connectivity index (χ2n) is 4.04. The fourth-order valence-corrected chi connectivity index (χ4v) is 1.79. The number of carboxylic acids is 1. The predicted octanol–water partition coefficient (Wildman–Crippen LogP) is 2.57. The highest BCUT2D eigenvalue weighted by atomic mass is 19.2. The molecule has 2 rings (SSSR count). The van der Waals surface area contributed by atoms with E-state index in [0.717, 1.165) is 12.1 Å². The molecule has 1 aromatic heterocycles. The van der Waals surface area contributed by atoms with Gasteiger partial charge < -0.3 is 9.67 Å². The molecular weight excluding hydrogens is 242 g/mol. The summed E-state index contributed by atoms with van der Waals surface area (Å²) >= 11 is 0. The molecule has 6 heteroatoms. The van der Waals surface area contributed by atoms with E-state index in [2.05, 4.69) is 4.98 Å². The minimum Gasteiger partial charge on any atom is -0.481 e. The summed E-state index contributed by atoms with van der Waals surface area (Å²) in [7, 11) is 0. The highest BCUT2D eigenvalue weighted by Crippen LogP contribution is 2.18. The number of aliphatic carboxylic acids is 1.